The highest BCUT2D eigenvalue weighted by Gasteiger charge is 2.28. The molecule has 2 rings (SSSR count). The summed E-state index contributed by atoms with van der Waals surface area (Å²) in [5, 5.41) is 6.81. The molecule has 0 saturated heterocycles. The Morgan fingerprint density at radius 3 is 2.45 bits per heavy atom. The van der Waals surface area contributed by atoms with Gasteiger partial charge in [-0.1, -0.05) is 17.3 Å². The number of halogens is 3. The summed E-state index contributed by atoms with van der Waals surface area (Å²) in [6.07, 6.45) is 0. The molecule has 4 nitrogen and oxygen atoms in total. The first-order chi connectivity index (χ1) is 9.42. The van der Waals surface area contributed by atoms with Gasteiger partial charge in [-0.25, -0.2) is 0 Å². The Hall–Kier alpha value is -1.54. The summed E-state index contributed by atoms with van der Waals surface area (Å²) in [5.74, 6) is 1.04. The van der Waals surface area contributed by atoms with Crippen LogP contribution in [0, 0.1) is 6.92 Å². The lowest BCUT2D eigenvalue weighted by atomic mass is 10.2. The van der Waals surface area contributed by atoms with Crippen LogP contribution in [0.1, 0.15) is 17.3 Å². The monoisotopic (exact) mass is 303 g/mol. The summed E-state index contributed by atoms with van der Waals surface area (Å²) in [4.78, 5) is 4.20. The minimum absolute atomic E-state index is 0.120. The number of nitrogens with zero attached hydrogens (tertiary/aromatic N) is 2. The highest BCUT2D eigenvalue weighted by Crippen LogP contribution is 2.36. The van der Waals surface area contributed by atoms with Crippen molar-refractivity contribution < 1.29 is 17.7 Å². The molecule has 0 aliphatic heterocycles. The number of thioether (sulfide) groups is 1. The molecule has 0 radical (unpaired) electrons. The maximum atomic E-state index is 12.2. The molecule has 0 fully saturated rings. The maximum absolute atomic E-state index is 12.2. The molecule has 0 unspecified atom stereocenters. The fourth-order valence-electron chi connectivity index (χ4n) is 1.54. The van der Waals surface area contributed by atoms with E-state index in [9.17, 15) is 13.2 Å². The number of nitrogens with one attached hydrogen (secondary N) is 1. The standard InChI is InChI=1S/C12H12F3N3OS/c1-8-17-11(18-19-8)7-16-6-9-2-4-10(5-3-9)20-12(13,14)15/h2-5,16H,6-7H2,1H3. The van der Waals surface area contributed by atoms with Crippen molar-refractivity contribution in [2.45, 2.75) is 30.4 Å². The van der Waals surface area contributed by atoms with E-state index in [2.05, 4.69) is 15.5 Å². The van der Waals surface area contributed by atoms with Crippen LogP contribution in [0.3, 0.4) is 0 Å². The lowest BCUT2D eigenvalue weighted by Crippen LogP contribution is -2.13. The summed E-state index contributed by atoms with van der Waals surface area (Å²) in [5.41, 5.74) is -3.37. The molecule has 20 heavy (non-hydrogen) atoms. The van der Waals surface area contributed by atoms with Crippen LogP contribution in [0.25, 0.3) is 0 Å². The molecule has 1 heterocycles. The van der Waals surface area contributed by atoms with Crippen LogP contribution in [0.15, 0.2) is 33.7 Å². The van der Waals surface area contributed by atoms with Crippen molar-refractivity contribution in [3.8, 4) is 0 Å². The normalized spacial score (nSPS) is 11.8. The van der Waals surface area contributed by atoms with E-state index >= 15 is 0 Å². The first-order valence-corrected chi connectivity index (χ1v) is 6.58. The minimum Gasteiger partial charge on any atom is -0.340 e. The molecular formula is C12H12F3N3OS. The Balaban J connectivity index is 1.82. The number of alkyl halides is 3. The lowest BCUT2D eigenvalue weighted by molar-refractivity contribution is -0.0328. The van der Waals surface area contributed by atoms with Gasteiger partial charge in [-0.2, -0.15) is 18.2 Å². The van der Waals surface area contributed by atoms with Gasteiger partial charge in [-0.05, 0) is 29.5 Å². The average Bonchev–Trinajstić information content (AvgIpc) is 2.75. The van der Waals surface area contributed by atoms with E-state index in [0.717, 1.165) is 5.56 Å². The van der Waals surface area contributed by atoms with E-state index in [1.165, 1.54) is 12.1 Å². The van der Waals surface area contributed by atoms with E-state index < -0.39 is 5.51 Å². The predicted octanol–water partition coefficient (Wildman–Crippen LogP) is 3.28. The first kappa shape index (κ1) is 14.9. The topological polar surface area (TPSA) is 51.0 Å². The highest BCUT2D eigenvalue weighted by molar-refractivity contribution is 8.00. The van der Waals surface area contributed by atoms with Crippen molar-refractivity contribution in [3.63, 3.8) is 0 Å². The average molecular weight is 303 g/mol. The van der Waals surface area contributed by atoms with Gasteiger partial charge in [0.05, 0.1) is 6.54 Å². The van der Waals surface area contributed by atoms with Crippen LogP contribution < -0.4 is 5.32 Å². The molecule has 8 heteroatoms. The van der Waals surface area contributed by atoms with E-state index in [1.807, 2.05) is 0 Å². The van der Waals surface area contributed by atoms with Crippen molar-refractivity contribution in [1.29, 1.82) is 0 Å². The quantitative estimate of drug-likeness (QED) is 0.859. The van der Waals surface area contributed by atoms with Gasteiger partial charge in [-0.3, -0.25) is 0 Å². The lowest BCUT2D eigenvalue weighted by Gasteiger charge is -2.07. The zero-order valence-electron chi connectivity index (χ0n) is 10.6. The van der Waals surface area contributed by atoms with Crippen molar-refractivity contribution in [3.05, 3.63) is 41.5 Å². The van der Waals surface area contributed by atoms with Crippen molar-refractivity contribution in [2.24, 2.45) is 0 Å². The molecule has 0 spiro atoms. The highest BCUT2D eigenvalue weighted by atomic mass is 32.2. The number of aromatic nitrogens is 2. The molecule has 108 valence electrons. The molecule has 0 amide bonds. The summed E-state index contributed by atoms with van der Waals surface area (Å²) < 4.78 is 41.3. The van der Waals surface area contributed by atoms with Crippen LogP contribution in [0.2, 0.25) is 0 Å². The smallest absolute Gasteiger partial charge is 0.340 e. The predicted molar refractivity (Wildman–Crippen MR) is 67.9 cm³/mol. The molecule has 0 aliphatic rings. The fraction of sp³-hybridized carbons (Fsp3) is 0.333. The Bertz CT molecular complexity index is 554. The van der Waals surface area contributed by atoms with Gasteiger partial charge >= 0.3 is 5.51 Å². The van der Waals surface area contributed by atoms with E-state index in [-0.39, 0.29) is 16.7 Å². The minimum atomic E-state index is -4.25. The number of aryl methyl sites for hydroxylation is 1. The largest absolute Gasteiger partial charge is 0.446 e. The number of hydrogen-bond donors (Lipinski definition) is 1. The molecule has 1 aromatic heterocycles. The van der Waals surface area contributed by atoms with Crippen molar-refractivity contribution in [2.75, 3.05) is 0 Å². The van der Waals surface area contributed by atoms with Gasteiger partial charge < -0.3 is 9.84 Å². The van der Waals surface area contributed by atoms with Crippen LogP contribution in [-0.2, 0) is 13.1 Å². The summed E-state index contributed by atoms with van der Waals surface area (Å²) >= 11 is -0.120. The zero-order chi connectivity index (χ0) is 14.6. The molecule has 1 N–H and O–H groups in total. The zero-order valence-corrected chi connectivity index (χ0v) is 11.4. The SMILES string of the molecule is Cc1nc(CNCc2ccc(SC(F)(F)F)cc2)no1. The third-order valence-corrected chi connectivity index (χ3v) is 3.08. The molecule has 0 saturated carbocycles. The number of benzene rings is 1. The summed E-state index contributed by atoms with van der Waals surface area (Å²) in [7, 11) is 0. The van der Waals surface area contributed by atoms with Gasteiger partial charge in [0.15, 0.2) is 5.82 Å². The summed E-state index contributed by atoms with van der Waals surface area (Å²) in [6, 6.07) is 6.21. The molecule has 0 bridgehead atoms. The van der Waals surface area contributed by atoms with E-state index in [4.69, 9.17) is 4.52 Å². The second-order valence-corrected chi connectivity index (χ2v) is 5.16. The number of hydrogen-bond acceptors (Lipinski definition) is 5. The van der Waals surface area contributed by atoms with Gasteiger partial charge in [-0.15, -0.1) is 0 Å². The van der Waals surface area contributed by atoms with Crippen molar-refractivity contribution in [1.82, 2.24) is 15.5 Å². The Kier molecular flexibility index (Phi) is 4.66. The molecule has 2 aromatic rings. The van der Waals surface area contributed by atoms with Gasteiger partial charge in [0.25, 0.3) is 0 Å². The molecule has 1 aromatic carbocycles. The molecular weight excluding hydrogens is 291 g/mol. The Labute approximate surface area is 117 Å². The fourth-order valence-corrected chi connectivity index (χ4v) is 2.08. The first-order valence-electron chi connectivity index (χ1n) is 5.77. The Morgan fingerprint density at radius 1 is 1.20 bits per heavy atom. The second-order valence-electron chi connectivity index (χ2n) is 4.02. The van der Waals surface area contributed by atoms with Gasteiger partial charge in [0, 0.05) is 18.4 Å². The number of rotatable bonds is 5. The maximum Gasteiger partial charge on any atom is 0.446 e. The third-order valence-electron chi connectivity index (χ3n) is 2.34. The van der Waals surface area contributed by atoms with Crippen LogP contribution >= 0.6 is 11.8 Å². The third kappa shape index (κ3) is 4.86. The summed E-state index contributed by atoms with van der Waals surface area (Å²) in [6.45, 7) is 2.66. The van der Waals surface area contributed by atoms with Gasteiger partial charge in [0.1, 0.15) is 0 Å². The van der Waals surface area contributed by atoms with Crippen molar-refractivity contribution >= 4 is 11.8 Å². The van der Waals surface area contributed by atoms with Gasteiger partial charge in [0.2, 0.25) is 5.89 Å². The Morgan fingerprint density at radius 2 is 1.90 bits per heavy atom. The van der Waals surface area contributed by atoms with Crippen LogP contribution in [0.5, 0.6) is 0 Å². The molecule has 0 atom stereocenters. The van der Waals surface area contributed by atoms with E-state index in [0.29, 0.717) is 24.8 Å². The van der Waals surface area contributed by atoms with Crippen LogP contribution in [-0.4, -0.2) is 15.6 Å². The van der Waals surface area contributed by atoms with Crippen LogP contribution in [0.4, 0.5) is 13.2 Å². The second kappa shape index (κ2) is 6.27. The van der Waals surface area contributed by atoms with E-state index in [1.54, 1.807) is 19.1 Å². The molecule has 0 aliphatic carbocycles.